The van der Waals surface area contributed by atoms with Gasteiger partial charge in [0.1, 0.15) is 0 Å². The van der Waals surface area contributed by atoms with Gasteiger partial charge < -0.3 is 18.9 Å². The maximum atomic E-state index is 11.9. The number of hydrogen-bond acceptors (Lipinski definition) is 6. The average molecular weight is 286 g/mol. The van der Waals surface area contributed by atoms with Crippen LogP contribution in [0.4, 0.5) is 0 Å². The fourth-order valence-electron chi connectivity index (χ4n) is 1.35. The molecule has 0 aromatic rings. The van der Waals surface area contributed by atoms with Gasteiger partial charge in [-0.3, -0.25) is 9.59 Å². The first-order valence-electron chi connectivity index (χ1n) is 6.40. The molecule has 0 radical (unpaired) electrons. The van der Waals surface area contributed by atoms with Crippen LogP contribution in [0.15, 0.2) is 25.3 Å². The molecule has 0 aliphatic rings. The summed E-state index contributed by atoms with van der Waals surface area (Å²) < 4.78 is 20.3. The lowest BCUT2D eigenvalue weighted by Crippen LogP contribution is -2.41. The van der Waals surface area contributed by atoms with Gasteiger partial charge in [0.05, 0.1) is 26.4 Å². The van der Waals surface area contributed by atoms with Gasteiger partial charge >= 0.3 is 11.9 Å². The Kier molecular flexibility index (Phi) is 10.3. The highest BCUT2D eigenvalue weighted by Crippen LogP contribution is 2.15. The maximum Gasteiger partial charge on any atom is 0.325 e. The van der Waals surface area contributed by atoms with E-state index in [9.17, 15) is 9.59 Å². The molecule has 0 bridgehead atoms. The van der Waals surface area contributed by atoms with Crippen molar-refractivity contribution in [3.63, 3.8) is 0 Å². The van der Waals surface area contributed by atoms with Crippen LogP contribution in [-0.2, 0) is 28.5 Å². The molecule has 0 saturated carbocycles. The van der Waals surface area contributed by atoms with Crippen molar-refractivity contribution < 1.29 is 28.5 Å². The Morgan fingerprint density at radius 3 is 1.65 bits per heavy atom. The molecule has 0 amide bonds. The Balaban J connectivity index is 5.03. The molecule has 114 valence electrons. The lowest BCUT2D eigenvalue weighted by molar-refractivity contribution is -0.197. The van der Waals surface area contributed by atoms with E-state index >= 15 is 0 Å². The summed E-state index contributed by atoms with van der Waals surface area (Å²) >= 11 is 0. The van der Waals surface area contributed by atoms with Crippen molar-refractivity contribution in [3.8, 4) is 0 Å². The Hall–Kier alpha value is -1.66. The number of carbonyl (C=O) groups is 2. The molecular formula is C14H22O6. The fourth-order valence-corrected chi connectivity index (χ4v) is 1.35. The largest absolute Gasteiger partial charge is 0.465 e. The van der Waals surface area contributed by atoms with Crippen molar-refractivity contribution in [2.24, 2.45) is 5.92 Å². The van der Waals surface area contributed by atoms with Crippen LogP contribution in [-0.4, -0.2) is 44.7 Å². The molecule has 0 N–H and O–H groups in total. The molecule has 0 saturated heterocycles. The molecule has 0 aliphatic heterocycles. The van der Waals surface area contributed by atoms with E-state index in [0.717, 1.165) is 0 Å². The minimum absolute atomic E-state index is 0.122. The van der Waals surface area contributed by atoms with E-state index < -0.39 is 24.1 Å². The highest BCUT2D eigenvalue weighted by molar-refractivity contribution is 5.95. The van der Waals surface area contributed by atoms with E-state index in [1.807, 2.05) is 0 Å². The van der Waals surface area contributed by atoms with E-state index in [4.69, 9.17) is 18.9 Å². The summed E-state index contributed by atoms with van der Waals surface area (Å²) in [4.78, 5) is 23.8. The molecule has 0 aromatic carbocycles. The molecule has 0 fully saturated rings. The molecule has 0 aromatic heterocycles. The van der Waals surface area contributed by atoms with E-state index in [1.54, 1.807) is 13.8 Å². The van der Waals surface area contributed by atoms with Gasteiger partial charge in [0.2, 0.25) is 5.92 Å². The van der Waals surface area contributed by atoms with Crippen LogP contribution in [0.25, 0.3) is 0 Å². The zero-order valence-corrected chi connectivity index (χ0v) is 12.0. The SMILES string of the molecule is C=CCOC(OCC=C)C(C(=O)OCC)C(=O)OCC. The van der Waals surface area contributed by atoms with Gasteiger partial charge in [-0.15, -0.1) is 13.2 Å². The number of esters is 2. The van der Waals surface area contributed by atoms with E-state index in [-0.39, 0.29) is 26.4 Å². The Morgan fingerprint density at radius 1 is 0.950 bits per heavy atom. The second kappa shape index (κ2) is 11.2. The summed E-state index contributed by atoms with van der Waals surface area (Å²) in [5.41, 5.74) is 0. The normalized spacial score (nSPS) is 10.4. The minimum Gasteiger partial charge on any atom is -0.465 e. The van der Waals surface area contributed by atoms with Gasteiger partial charge in [-0.1, -0.05) is 12.2 Å². The maximum absolute atomic E-state index is 11.9. The Bertz CT molecular complexity index is 296. The smallest absolute Gasteiger partial charge is 0.325 e. The predicted octanol–water partition coefficient (Wildman–Crippen LogP) is 1.46. The molecule has 0 atom stereocenters. The molecule has 0 heterocycles. The molecule has 6 heteroatoms. The van der Waals surface area contributed by atoms with Crippen LogP contribution < -0.4 is 0 Å². The summed E-state index contributed by atoms with van der Waals surface area (Å²) in [6.07, 6.45) is 1.86. The average Bonchev–Trinajstić information content (AvgIpc) is 2.42. The molecule has 0 spiro atoms. The highest BCUT2D eigenvalue weighted by atomic mass is 16.7. The van der Waals surface area contributed by atoms with Gasteiger partial charge in [-0.25, -0.2) is 0 Å². The van der Waals surface area contributed by atoms with Crippen LogP contribution in [0.3, 0.4) is 0 Å². The van der Waals surface area contributed by atoms with Gasteiger partial charge in [-0.2, -0.15) is 0 Å². The second-order valence-electron chi connectivity index (χ2n) is 3.59. The number of ether oxygens (including phenoxy) is 4. The van der Waals surface area contributed by atoms with Crippen LogP contribution in [0.2, 0.25) is 0 Å². The van der Waals surface area contributed by atoms with Gasteiger partial charge in [0.15, 0.2) is 6.29 Å². The standard InChI is InChI=1S/C14H22O6/c1-5-9-19-14(20-10-6-2)11(12(15)17-7-3)13(16)18-8-4/h5-6,11,14H,1-2,7-10H2,3-4H3. The molecule has 0 aliphatic carbocycles. The third kappa shape index (κ3) is 6.49. The highest BCUT2D eigenvalue weighted by Gasteiger charge is 2.39. The van der Waals surface area contributed by atoms with E-state index in [1.165, 1.54) is 12.2 Å². The number of hydrogen-bond donors (Lipinski definition) is 0. The number of carbonyl (C=O) groups excluding carboxylic acids is 2. The lowest BCUT2D eigenvalue weighted by Gasteiger charge is -2.23. The first-order chi connectivity index (χ1) is 9.62. The summed E-state index contributed by atoms with van der Waals surface area (Å²) in [6, 6.07) is 0. The predicted molar refractivity (Wildman–Crippen MR) is 72.8 cm³/mol. The summed E-state index contributed by atoms with van der Waals surface area (Å²) in [5.74, 6) is -2.79. The zero-order valence-electron chi connectivity index (χ0n) is 12.0. The van der Waals surface area contributed by atoms with Crippen molar-refractivity contribution in [1.29, 1.82) is 0 Å². The topological polar surface area (TPSA) is 71.1 Å². The van der Waals surface area contributed by atoms with Crippen molar-refractivity contribution >= 4 is 11.9 Å². The third-order valence-corrected chi connectivity index (χ3v) is 2.11. The summed E-state index contributed by atoms with van der Waals surface area (Å²) in [5, 5.41) is 0. The minimum atomic E-state index is -1.30. The molecular weight excluding hydrogens is 264 g/mol. The third-order valence-electron chi connectivity index (χ3n) is 2.11. The molecule has 20 heavy (non-hydrogen) atoms. The molecule has 6 nitrogen and oxygen atoms in total. The van der Waals surface area contributed by atoms with Crippen LogP contribution in [0.5, 0.6) is 0 Å². The van der Waals surface area contributed by atoms with Crippen LogP contribution in [0.1, 0.15) is 13.8 Å². The van der Waals surface area contributed by atoms with Crippen molar-refractivity contribution in [2.45, 2.75) is 20.1 Å². The van der Waals surface area contributed by atoms with Crippen LogP contribution in [0, 0.1) is 5.92 Å². The van der Waals surface area contributed by atoms with E-state index in [2.05, 4.69) is 13.2 Å². The zero-order chi connectivity index (χ0) is 15.4. The monoisotopic (exact) mass is 286 g/mol. The Morgan fingerprint density at radius 2 is 1.35 bits per heavy atom. The first-order valence-corrected chi connectivity index (χ1v) is 6.40. The quantitative estimate of drug-likeness (QED) is 0.248. The van der Waals surface area contributed by atoms with Crippen LogP contribution >= 0.6 is 0 Å². The van der Waals surface area contributed by atoms with Crippen molar-refractivity contribution in [2.75, 3.05) is 26.4 Å². The van der Waals surface area contributed by atoms with Gasteiger partial charge in [0, 0.05) is 0 Å². The number of rotatable bonds is 11. The first kappa shape index (κ1) is 18.3. The lowest BCUT2D eigenvalue weighted by atomic mass is 10.1. The van der Waals surface area contributed by atoms with Crippen molar-refractivity contribution in [1.82, 2.24) is 0 Å². The van der Waals surface area contributed by atoms with Crippen molar-refractivity contribution in [3.05, 3.63) is 25.3 Å². The summed E-state index contributed by atoms with van der Waals surface area (Å²) in [6.45, 7) is 10.8. The van der Waals surface area contributed by atoms with Gasteiger partial charge in [0.25, 0.3) is 0 Å². The second-order valence-corrected chi connectivity index (χ2v) is 3.59. The molecule has 0 unspecified atom stereocenters. The Labute approximate surface area is 119 Å². The fraction of sp³-hybridized carbons (Fsp3) is 0.571. The summed E-state index contributed by atoms with van der Waals surface area (Å²) in [7, 11) is 0. The van der Waals surface area contributed by atoms with Gasteiger partial charge in [-0.05, 0) is 13.8 Å². The van der Waals surface area contributed by atoms with E-state index in [0.29, 0.717) is 0 Å². The molecule has 0 rings (SSSR count).